The van der Waals surface area contributed by atoms with Crippen molar-refractivity contribution >= 4 is 21.4 Å². The highest BCUT2D eigenvalue weighted by Crippen LogP contribution is 2.27. The lowest BCUT2D eigenvalue weighted by Crippen LogP contribution is -2.36. The van der Waals surface area contributed by atoms with Gasteiger partial charge in [-0.3, -0.25) is 4.31 Å². The number of anilines is 2. The minimum atomic E-state index is -3.24. The lowest BCUT2D eigenvalue weighted by molar-refractivity contribution is 0.122. The fraction of sp³-hybridized carbons (Fsp3) is 0.538. The molecule has 19 heavy (non-hydrogen) atoms. The molecule has 0 aromatic heterocycles. The Bertz CT molecular complexity index is 551. The highest BCUT2D eigenvalue weighted by atomic mass is 32.2. The van der Waals surface area contributed by atoms with Gasteiger partial charge in [-0.15, -0.1) is 0 Å². The Hall–Kier alpha value is -1.27. The summed E-state index contributed by atoms with van der Waals surface area (Å²) >= 11 is 0. The molecule has 0 aliphatic carbocycles. The van der Waals surface area contributed by atoms with Crippen LogP contribution in [0.1, 0.15) is 5.56 Å². The third-order valence-corrected chi connectivity index (χ3v) is 4.60. The van der Waals surface area contributed by atoms with Crippen LogP contribution in [0.15, 0.2) is 18.2 Å². The number of nitrogens with zero attached hydrogens (tertiary/aromatic N) is 2. The molecule has 2 rings (SSSR count). The van der Waals surface area contributed by atoms with Gasteiger partial charge in [0.1, 0.15) is 0 Å². The van der Waals surface area contributed by atoms with E-state index in [1.165, 1.54) is 10.6 Å². The van der Waals surface area contributed by atoms with Crippen molar-refractivity contribution in [1.29, 1.82) is 0 Å². The molecule has 0 bridgehead atoms. The first-order valence-electron chi connectivity index (χ1n) is 6.27. The minimum absolute atomic E-state index is 0.713. The molecule has 106 valence electrons. The van der Waals surface area contributed by atoms with E-state index >= 15 is 0 Å². The van der Waals surface area contributed by atoms with E-state index in [2.05, 4.69) is 4.90 Å². The maximum Gasteiger partial charge on any atom is 0.232 e. The summed E-state index contributed by atoms with van der Waals surface area (Å²) in [6, 6.07) is 5.92. The van der Waals surface area contributed by atoms with Gasteiger partial charge in [-0.2, -0.15) is 0 Å². The van der Waals surface area contributed by atoms with Crippen molar-refractivity contribution in [3.8, 4) is 0 Å². The Balaban J connectivity index is 2.34. The molecule has 0 spiro atoms. The van der Waals surface area contributed by atoms with Crippen molar-refractivity contribution in [1.82, 2.24) is 0 Å². The number of sulfonamides is 1. The first-order chi connectivity index (χ1) is 8.89. The van der Waals surface area contributed by atoms with Crippen LogP contribution in [0.25, 0.3) is 0 Å². The fourth-order valence-corrected chi connectivity index (χ4v) is 2.69. The summed E-state index contributed by atoms with van der Waals surface area (Å²) in [6.07, 6.45) is 1.22. The van der Waals surface area contributed by atoms with E-state index in [9.17, 15) is 8.42 Å². The van der Waals surface area contributed by atoms with E-state index in [-0.39, 0.29) is 0 Å². The van der Waals surface area contributed by atoms with Gasteiger partial charge in [0.2, 0.25) is 10.0 Å². The second kappa shape index (κ2) is 5.38. The molecule has 1 aliphatic rings. The van der Waals surface area contributed by atoms with Crippen LogP contribution in [-0.2, 0) is 14.8 Å². The van der Waals surface area contributed by atoms with Gasteiger partial charge in [0.05, 0.1) is 25.2 Å². The first-order valence-corrected chi connectivity index (χ1v) is 8.11. The quantitative estimate of drug-likeness (QED) is 0.837. The Morgan fingerprint density at radius 3 is 2.47 bits per heavy atom. The molecule has 5 nitrogen and oxygen atoms in total. The topological polar surface area (TPSA) is 49.9 Å². The molecule has 1 heterocycles. The lowest BCUT2D eigenvalue weighted by atomic mass is 10.1. The molecular weight excluding hydrogens is 264 g/mol. The zero-order valence-corrected chi connectivity index (χ0v) is 12.4. The molecule has 0 radical (unpaired) electrons. The van der Waals surface area contributed by atoms with Gasteiger partial charge in [-0.25, -0.2) is 8.42 Å². The summed E-state index contributed by atoms with van der Waals surface area (Å²) < 4.78 is 30.0. The molecular formula is C13H20N2O3S. The highest BCUT2D eigenvalue weighted by Gasteiger charge is 2.17. The molecule has 1 fully saturated rings. The van der Waals surface area contributed by atoms with E-state index in [4.69, 9.17) is 4.74 Å². The number of hydrogen-bond acceptors (Lipinski definition) is 4. The minimum Gasteiger partial charge on any atom is -0.378 e. The first kappa shape index (κ1) is 14.1. The number of hydrogen-bond donors (Lipinski definition) is 0. The van der Waals surface area contributed by atoms with Crippen LogP contribution in [0.3, 0.4) is 0 Å². The zero-order chi connectivity index (χ0) is 14.0. The number of morpholine rings is 1. The Morgan fingerprint density at radius 1 is 1.26 bits per heavy atom. The van der Waals surface area contributed by atoms with Crippen molar-refractivity contribution in [2.75, 3.05) is 48.8 Å². The predicted octanol–water partition coefficient (Wildman–Crippen LogP) is 1.23. The third kappa shape index (κ3) is 3.19. The van der Waals surface area contributed by atoms with Crippen molar-refractivity contribution < 1.29 is 13.2 Å². The number of aryl methyl sites for hydroxylation is 1. The van der Waals surface area contributed by atoms with Crippen LogP contribution in [-0.4, -0.2) is 48.0 Å². The summed E-state index contributed by atoms with van der Waals surface area (Å²) in [5.74, 6) is 0. The Kier molecular flexibility index (Phi) is 4.01. The van der Waals surface area contributed by atoms with Gasteiger partial charge in [0.25, 0.3) is 0 Å². The largest absolute Gasteiger partial charge is 0.378 e. The molecule has 0 amide bonds. The predicted molar refractivity (Wildman–Crippen MR) is 77.5 cm³/mol. The number of ether oxygens (including phenoxy) is 1. The summed E-state index contributed by atoms with van der Waals surface area (Å²) in [5, 5.41) is 0. The van der Waals surface area contributed by atoms with Crippen LogP contribution in [0.2, 0.25) is 0 Å². The summed E-state index contributed by atoms with van der Waals surface area (Å²) in [5.41, 5.74) is 2.72. The van der Waals surface area contributed by atoms with Crippen molar-refractivity contribution in [3.63, 3.8) is 0 Å². The molecule has 1 aromatic carbocycles. The molecule has 1 aromatic rings. The van der Waals surface area contributed by atoms with Crippen LogP contribution in [0, 0.1) is 6.92 Å². The van der Waals surface area contributed by atoms with Crippen molar-refractivity contribution in [3.05, 3.63) is 23.8 Å². The third-order valence-electron chi connectivity index (χ3n) is 3.41. The Labute approximate surface area is 114 Å². The van der Waals surface area contributed by atoms with Gasteiger partial charge in [-0.05, 0) is 24.6 Å². The Morgan fingerprint density at radius 2 is 1.89 bits per heavy atom. The van der Waals surface area contributed by atoms with Crippen LogP contribution < -0.4 is 9.21 Å². The van der Waals surface area contributed by atoms with Crippen LogP contribution in [0.5, 0.6) is 0 Å². The van der Waals surface area contributed by atoms with Crippen molar-refractivity contribution in [2.24, 2.45) is 0 Å². The number of benzene rings is 1. The maximum absolute atomic E-state index is 11.7. The lowest BCUT2D eigenvalue weighted by Gasteiger charge is -2.30. The monoisotopic (exact) mass is 284 g/mol. The molecule has 1 aliphatic heterocycles. The average Bonchev–Trinajstić information content (AvgIpc) is 2.38. The van der Waals surface area contributed by atoms with E-state index in [1.54, 1.807) is 7.05 Å². The summed E-state index contributed by atoms with van der Waals surface area (Å²) in [7, 11) is -1.65. The van der Waals surface area contributed by atoms with E-state index in [0.717, 1.165) is 30.0 Å². The number of rotatable bonds is 3. The van der Waals surface area contributed by atoms with Gasteiger partial charge >= 0.3 is 0 Å². The average molecular weight is 284 g/mol. The maximum atomic E-state index is 11.7. The van der Waals surface area contributed by atoms with E-state index < -0.39 is 10.0 Å². The zero-order valence-electron chi connectivity index (χ0n) is 11.6. The second-order valence-corrected chi connectivity index (χ2v) is 6.81. The molecule has 0 unspecified atom stereocenters. The molecule has 0 N–H and O–H groups in total. The normalized spacial score (nSPS) is 16.5. The molecule has 1 saturated heterocycles. The van der Waals surface area contributed by atoms with Crippen LogP contribution >= 0.6 is 0 Å². The smallest absolute Gasteiger partial charge is 0.232 e. The van der Waals surface area contributed by atoms with Gasteiger partial charge in [0, 0.05) is 25.8 Å². The van der Waals surface area contributed by atoms with Crippen LogP contribution in [0.4, 0.5) is 11.4 Å². The summed E-state index contributed by atoms with van der Waals surface area (Å²) in [6.45, 7) is 5.02. The fourth-order valence-electron chi connectivity index (χ4n) is 2.13. The molecule has 6 heteroatoms. The molecule has 0 atom stereocenters. The van der Waals surface area contributed by atoms with Crippen molar-refractivity contribution in [2.45, 2.75) is 6.92 Å². The van der Waals surface area contributed by atoms with Gasteiger partial charge in [0.15, 0.2) is 0 Å². The highest BCUT2D eigenvalue weighted by molar-refractivity contribution is 7.92. The van der Waals surface area contributed by atoms with E-state index in [0.29, 0.717) is 13.2 Å². The van der Waals surface area contributed by atoms with Gasteiger partial charge in [-0.1, -0.05) is 6.07 Å². The SMILES string of the molecule is Cc1ccc(N2CCOCC2)cc1N(C)S(C)(=O)=O. The van der Waals surface area contributed by atoms with E-state index in [1.807, 2.05) is 25.1 Å². The summed E-state index contributed by atoms with van der Waals surface area (Å²) in [4.78, 5) is 2.21. The standard InChI is InChI=1S/C13H20N2O3S/c1-11-4-5-12(15-6-8-18-9-7-15)10-13(11)14(2)19(3,16)17/h4-5,10H,6-9H2,1-3H3. The molecule has 0 saturated carbocycles. The second-order valence-electron chi connectivity index (χ2n) is 4.80. The van der Waals surface area contributed by atoms with Gasteiger partial charge < -0.3 is 9.64 Å².